The normalized spacial score (nSPS) is 13.3. The Labute approximate surface area is 106 Å². The molecule has 0 saturated carbocycles. The third kappa shape index (κ3) is 4.18. The molecule has 0 fully saturated rings. The third-order valence-electron chi connectivity index (χ3n) is 2.18. The van der Waals surface area contributed by atoms with Crippen LogP contribution in [-0.2, 0) is 14.8 Å². The number of ether oxygens (including phenoxy) is 1. The van der Waals surface area contributed by atoms with E-state index in [4.69, 9.17) is 10.6 Å². The number of sulfonamides is 1. The summed E-state index contributed by atoms with van der Waals surface area (Å²) in [4.78, 5) is 7.48. The first-order valence-corrected chi connectivity index (χ1v) is 6.78. The summed E-state index contributed by atoms with van der Waals surface area (Å²) in [6, 6.07) is -0.234. The van der Waals surface area contributed by atoms with Gasteiger partial charge in [0.1, 0.15) is 4.90 Å². The quantitative estimate of drug-likeness (QED) is 0.452. The lowest BCUT2D eigenvalue weighted by Gasteiger charge is -2.13. The molecule has 9 heteroatoms. The topological polar surface area (TPSA) is 119 Å². The van der Waals surface area contributed by atoms with E-state index >= 15 is 0 Å². The first kappa shape index (κ1) is 14.8. The summed E-state index contributed by atoms with van der Waals surface area (Å²) in [6.07, 6.45) is 2.96. The molecular weight excluding hydrogens is 258 g/mol. The van der Waals surface area contributed by atoms with Crippen LogP contribution in [0.2, 0.25) is 0 Å². The highest BCUT2D eigenvalue weighted by molar-refractivity contribution is 7.89. The number of methoxy groups -OCH3 is 1. The molecular formula is C9H17N5O3S. The maximum absolute atomic E-state index is 11.9. The maximum atomic E-state index is 11.9. The van der Waals surface area contributed by atoms with Gasteiger partial charge >= 0.3 is 0 Å². The molecule has 1 atom stereocenters. The van der Waals surface area contributed by atoms with Crippen LogP contribution in [0.5, 0.6) is 0 Å². The van der Waals surface area contributed by atoms with Crippen molar-refractivity contribution in [2.45, 2.75) is 24.3 Å². The van der Waals surface area contributed by atoms with Gasteiger partial charge in [0.05, 0.1) is 12.4 Å². The molecule has 1 aromatic rings. The Morgan fingerprint density at radius 1 is 1.44 bits per heavy atom. The third-order valence-corrected chi connectivity index (χ3v) is 3.72. The second-order valence-corrected chi connectivity index (χ2v) is 5.40. The van der Waals surface area contributed by atoms with Gasteiger partial charge in [-0.3, -0.25) is 5.43 Å². The molecule has 0 amide bonds. The number of hydrazine groups is 1. The Morgan fingerprint density at radius 2 is 2.06 bits per heavy atom. The van der Waals surface area contributed by atoms with Crippen molar-refractivity contribution in [3.05, 3.63) is 12.4 Å². The molecule has 0 aliphatic rings. The Morgan fingerprint density at radius 3 is 2.56 bits per heavy atom. The molecule has 4 N–H and O–H groups in total. The molecule has 1 rings (SSSR count). The van der Waals surface area contributed by atoms with Gasteiger partial charge in [-0.25, -0.2) is 29.0 Å². The van der Waals surface area contributed by atoms with Crippen molar-refractivity contribution in [3.8, 4) is 0 Å². The molecule has 18 heavy (non-hydrogen) atoms. The molecule has 0 spiro atoms. The molecule has 0 aliphatic heterocycles. The van der Waals surface area contributed by atoms with Crippen LogP contribution in [0.4, 0.5) is 5.95 Å². The predicted molar refractivity (Wildman–Crippen MR) is 66.1 cm³/mol. The molecule has 1 aromatic heterocycles. The van der Waals surface area contributed by atoms with E-state index in [1.807, 2.05) is 0 Å². The summed E-state index contributed by atoms with van der Waals surface area (Å²) in [5.41, 5.74) is 2.22. The van der Waals surface area contributed by atoms with E-state index in [-0.39, 0.29) is 16.9 Å². The van der Waals surface area contributed by atoms with E-state index in [0.717, 1.165) is 0 Å². The molecule has 0 radical (unpaired) electrons. The van der Waals surface area contributed by atoms with Gasteiger partial charge in [-0.1, -0.05) is 0 Å². The highest BCUT2D eigenvalue weighted by Crippen LogP contribution is 2.08. The fraction of sp³-hybridized carbons (Fsp3) is 0.556. The van der Waals surface area contributed by atoms with Crippen LogP contribution >= 0.6 is 0 Å². The van der Waals surface area contributed by atoms with Gasteiger partial charge in [-0.2, -0.15) is 0 Å². The number of hydrogen-bond acceptors (Lipinski definition) is 7. The monoisotopic (exact) mass is 275 g/mol. The highest BCUT2D eigenvalue weighted by Gasteiger charge is 2.18. The van der Waals surface area contributed by atoms with E-state index in [1.54, 1.807) is 14.0 Å². The number of hydrogen-bond donors (Lipinski definition) is 3. The van der Waals surface area contributed by atoms with Crippen LogP contribution in [0.1, 0.15) is 13.3 Å². The Bertz CT molecular complexity index is 462. The first-order valence-electron chi connectivity index (χ1n) is 5.29. The molecule has 0 bridgehead atoms. The Hall–Kier alpha value is -1.29. The average Bonchev–Trinajstić information content (AvgIpc) is 2.36. The molecule has 1 unspecified atom stereocenters. The SMILES string of the molecule is COCCC(C)NS(=O)(=O)c1cnc(NN)nc1. The summed E-state index contributed by atoms with van der Waals surface area (Å²) in [5.74, 6) is 5.24. The van der Waals surface area contributed by atoms with Gasteiger partial charge in [-0.05, 0) is 13.3 Å². The number of nitrogens with zero attached hydrogens (tertiary/aromatic N) is 2. The molecule has 0 aromatic carbocycles. The zero-order chi connectivity index (χ0) is 13.6. The summed E-state index contributed by atoms with van der Waals surface area (Å²) in [7, 11) is -2.05. The number of nitrogens with two attached hydrogens (primary N) is 1. The van der Waals surface area contributed by atoms with Gasteiger partial charge < -0.3 is 4.74 Å². The lowest BCUT2D eigenvalue weighted by molar-refractivity contribution is 0.188. The van der Waals surface area contributed by atoms with Crippen molar-refractivity contribution >= 4 is 16.0 Å². The van der Waals surface area contributed by atoms with Gasteiger partial charge in [-0.15, -0.1) is 0 Å². The van der Waals surface area contributed by atoms with Gasteiger partial charge in [0.25, 0.3) is 0 Å². The van der Waals surface area contributed by atoms with Crippen LogP contribution in [-0.4, -0.2) is 38.1 Å². The molecule has 102 valence electrons. The Kier molecular flexibility index (Phi) is 5.41. The summed E-state index contributed by atoms with van der Waals surface area (Å²) < 4.78 is 31.2. The number of rotatable bonds is 7. The van der Waals surface area contributed by atoms with E-state index in [9.17, 15) is 8.42 Å². The zero-order valence-corrected chi connectivity index (χ0v) is 11.1. The highest BCUT2D eigenvalue weighted by atomic mass is 32.2. The molecule has 8 nitrogen and oxygen atoms in total. The van der Waals surface area contributed by atoms with Crippen LogP contribution in [0, 0.1) is 0 Å². The van der Waals surface area contributed by atoms with E-state index in [0.29, 0.717) is 13.0 Å². The fourth-order valence-electron chi connectivity index (χ4n) is 1.22. The van der Waals surface area contributed by atoms with E-state index in [2.05, 4.69) is 20.1 Å². The number of nitrogens with one attached hydrogen (secondary N) is 2. The summed E-state index contributed by atoms with van der Waals surface area (Å²) >= 11 is 0. The van der Waals surface area contributed by atoms with E-state index in [1.165, 1.54) is 12.4 Å². The first-order chi connectivity index (χ1) is 8.49. The van der Waals surface area contributed by atoms with E-state index < -0.39 is 10.0 Å². The van der Waals surface area contributed by atoms with Gasteiger partial charge in [0, 0.05) is 19.8 Å². The number of aromatic nitrogens is 2. The van der Waals surface area contributed by atoms with Crippen molar-refractivity contribution in [2.24, 2.45) is 5.84 Å². The van der Waals surface area contributed by atoms with Crippen LogP contribution in [0.15, 0.2) is 17.3 Å². The Balaban J connectivity index is 2.73. The maximum Gasteiger partial charge on any atom is 0.243 e. The largest absolute Gasteiger partial charge is 0.385 e. The smallest absolute Gasteiger partial charge is 0.243 e. The van der Waals surface area contributed by atoms with Crippen LogP contribution in [0.3, 0.4) is 0 Å². The predicted octanol–water partition coefficient (Wildman–Crippen LogP) is -0.534. The van der Waals surface area contributed by atoms with Crippen molar-refractivity contribution < 1.29 is 13.2 Å². The lowest BCUT2D eigenvalue weighted by atomic mass is 10.3. The number of anilines is 1. The summed E-state index contributed by atoms with van der Waals surface area (Å²) in [5, 5.41) is 0. The van der Waals surface area contributed by atoms with Crippen molar-refractivity contribution in [1.82, 2.24) is 14.7 Å². The molecule has 0 aliphatic carbocycles. The second kappa shape index (κ2) is 6.59. The molecule has 1 heterocycles. The number of nitrogen functional groups attached to an aromatic ring is 1. The molecule has 0 saturated heterocycles. The standard InChI is InChI=1S/C9H17N5O3S/c1-7(3-4-17-2)14-18(15,16)8-5-11-9(13-10)12-6-8/h5-7,14H,3-4,10H2,1-2H3,(H,11,12,13). The lowest BCUT2D eigenvalue weighted by Crippen LogP contribution is -2.33. The minimum Gasteiger partial charge on any atom is -0.385 e. The zero-order valence-electron chi connectivity index (χ0n) is 10.3. The van der Waals surface area contributed by atoms with Gasteiger partial charge in [0.2, 0.25) is 16.0 Å². The minimum absolute atomic E-state index is 0.00855. The summed E-state index contributed by atoms with van der Waals surface area (Å²) in [6.45, 7) is 2.24. The van der Waals surface area contributed by atoms with Crippen molar-refractivity contribution in [1.29, 1.82) is 0 Å². The minimum atomic E-state index is -3.61. The van der Waals surface area contributed by atoms with Crippen LogP contribution in [0.25, 0.3) is 0 Å². The van der Waals surface area contributed by atoms with Crippen LogP contribution < -0.4 is 16.0 Å². The van der Waals surface area contributed by atoms with Crippen molar-refractivity contribution in [2.75, 3.05) is 19.1 Å². The van der Waals surface area contributed by atoms with Gasteiger partial charge in [0.15, 0.2) is 0 Å². The average molecular weight is 275 g/mol. The fourth-order valence-corrected chi connectivity index (χ4v) is 2.38. The second-order valence-electron chi connectivity index (χ2n) is 3.69. The van der Waals surface area contributed by atoms with Crippen molar-refractivity contribution in [3.63, 3.8) is 0 Å².